The van der Waals surface area contributed by atoms with Gasteiger partial charge < -0.3 is 30.6 Å². The molecule has 2 amide bonds. The summed E-state index contributed by atoms with van der Waals surface area (Å²) in [6.07, 6.45) is 2.17. The van der Waals surface area contributed by atoms with E-state index >= 15 is 0 Å². The first-order chi connectivity index (χ1) is 15.9. The summed E-state index contributed by atoms with van der Waals surface area (Å²) < 4.78 is 5.19. The number of aromatic nitrogens is 2. The number of H-pyrrole nitrogens is 1. The maximum atomic E-state index is 12.9. The second-order valence-corrected chi connectivity index (χ2v) is 7.31. The predicted molar refractivity (Wildman–Crippen MR) is 117 cm³/mol. The molecule has 1 unspecified atom stereocenters. The summed E-state index contributed by atoms with van der Waals surface area (Å²) in [6, 6.07) is 12.7. The number of phenols is 1. The summed E-state index contributed by atoms with van der Waals surface area (Å²) in [5, 5.41) is 23.9. The number of carbonyl (C=O) groups is 3. The molecule has 10 heteroatoms. The molecular formula is C23H24N4O6. The van der Waals surface area contributed by atoms with E-state index in [2.05, 4.69) is 20.6 Å². The van der Waals surface area contributed by atoms with Crippen molar-refractivity contribution in [1.29, 1.82) is 0 Å². The number of hydrogen-bond acceptors (Lipinski definition) is 6. The van der Waals surface area contributed by atoms with Gasteiger partial charge in [-0.25, -0.2) is 14.6 Å². The maximum Gasteiger partial charge on any atom is 0.408 e. The van der Waals surface area contributed by atoms with Crippen LogP contribution in [0.25, 0.3) is 0 Å². The third kappa shape index (κ3) is 7.39. The van der Waals surface area contributed by atoms with Gasteiger partial charge in [0.2, 0.25) is 5.91 Å². The number of hydrogen-bond donors (Lipinski definition) is 5. The van der Waals surface area contributed by atoms with Crippen molar-refractivity contribution in [3.05, 3.63) is 83.9 Å². The van der Waals surface area contributed by atoms with Gasteiger partial charge >= 0.3 is 12.1 Å². The number of alkyl carbamates (subject to hydrolysis) is 1. The van der Waals surface area contributed by atoms with Gasteiger partial charge in [-0.15, -0.1) is 0 Å². The number of nitrogens with one attached hydrogen (secondary N) is 3. The summed E-state index contributed by atoms with van der Waals surface area (Å²) >= 11 is 0. The van der Waals surface area contributed by atoms with Crippen LogP contribution in [0.3, 0.4) is 0 Å². The van der Waals surface area contributed by atoms with Gasteiger partial charge in [-0.2, -0.15) is 0 Å². The number of rotatable bonds is 10. The monoisotopic (exact) mass is 452 g/mol. The van der Waals surface area contributed by atoms with Gasteiger partial charge in [-0.05, 0) is 23.3 Å². The van der Waals surface area contributed by atoms with E-state index in [9.17, 15) is 24.6 Å². The number of carboxylic acids is 1. The molecule has 0 spiro atoms. The molecule has 0 aliphatic heterocycles. The lowest BCUT2D eigenvalue weighted by atomic mass is 10.0. The minimum atomic E-state index is -1.24. The number of amides is 2. The van der Waals surface area contributed by atoms with Gasteiger partial charge in [0, 0.05) is 24.7 Å². The zero-order valence-electron chi connectivity index (χ0n) is 17.6. The lowest BCUT2D eigenvalue weighted by Gasteiger charge is -2.21. The van der Waals surface area contributed by atoms with Crippen LogP contribution in [0.2, 0.25) is 0 Å². The van der Waals surface area contributed by atoms with Crippen molar-refractivity contribution in [2.24, 2.45) is 0 Å². The zero-order valence-corrected chi connectivity index (χ0v) is 17.6. The summed E-state index contributed by atoms with van der Waals surface area (Å²) in [5.41, 5.74) is 1.96. The van der Waals surface area contributed by atoms with Crippen LogP contribution in [0.4, 0.5) is 4.79 Å². The standard InChI is InChI=1S/C23H24N4O6/c28-18-8-6-15(7-9-18)10-20(22(30)31)26-21(29)19(11-17-12-24-14-25-17)27-23(32)33-13-16-4-2-1-3-5-16/h1-9,12,14,19-20,28H,10-11,13H2,(H,24,25)(H,26,29)(H,27,32)(H,30,31)/t19?,20-/m1/s1. The van der Waals surface area contributed by atoms with Crippen LogP contribution in [-0.4, -0.2) is 50.2 Å². The zero-order chi connectivity index (χ0) is 23.6. The smallest absolute Gasteiger partial charge is 0.408 e. The molecule has 0 aliphatic carbocycles. The number of aromatic hydroxyl groups is 1. The summed E-state index contributed by atoms with van der Waals surface area (Å²) in [5.74, 6) is -1.87. The highest BCUT2D eigenvalue weighted by Gasteiger charge is 2.28. The highest BCUT2D eigenvalue weighted by molar-refractivity contribution is 5.89. The first-order valence-electron chi connectivity index (χ1n) is 10.2. The van der Waals surface area contributed by atoms with Gasteiger partial charge in [0.25, 0.3) is 0 Å². The van der Waals surface area contributed by atoms with Crippen LogP contribution in [0, 0.1) is 0 Å². The average molecular weight is 452 g/mol. The molecule has 33 heavy (non-hydrogen) atoms. The van der Waals surface area contributed by atoms with Crippen molar-refractivity contribution in [3.63, 3.8) is 0 Å². The van der Waals surface area contributed by atoms with E-state index in [1.54, 1.807) is 24.3 Å². The Morgan fingerprint density at radius 1 is 0.939 bits per heavy atom. The van der Waals surface area contributed by atoms with Gasteiger partial charge in [0.15, 0.2) is 0 Å². The molecule has 1 aromatic heterocycles. The Hall–Kier alpha value is -4.34. The summed E-state index contributed by atoms with van der Waals surface area (Å²) in [6.45, 7) is 0.0175. The Morgan fingerprint density at radius 2 is 1.67 bits per heavy atom. The number of benzene rings is 2. The number of aromatic amines is 1. The van der Waals surface area contributed by atoms with Crippen LogP contribution in [-0.2, 0) is 33.8 Å². The molecular weight excluding hydrogens is 428 g/mol. The topological polar surface area (TPSA) is 154 Å². The van der Waals surface area contributed by atoms with Gasteiger partial charge in [-0.1, -0.05) is 42.5 Å². The second-order valence-electron chi connectivity index (χ2n) is 7.31. The number of imidazole rings is 1. The fourth-order valence-corrected chi connectivity index (χ4v) is 3.07. The van der Waals surface area contributed by atoms with Crippen molar-refractivity contribution in [3.8, 4) is 5.75 Å². The first-order valence-corrected chi connectivity index (χ1v) is 10.2. The van der Waals surface area contributed by atoms with Crippen molar-refractivity contribution in [2.75, 3.05) is 0 Å². The summed E-state index contributed by atoms with van der Waals surface area (Å²) in [4.78, 5) is 43.7. The molecule has 10 nitrogen and oxygen atoms in total. The van der Waals surface area contributed by atoms with E-state index < -0.39 is 30.1 Å². The minimum Gasteiger partial charge on any atom is -0.508 e. The van der Waals surface area contributed by atoms with E-state index in [4.69, 9.17) is 4.74 Å². The molecule has 2 aromatic carbocycles. The number of nitrogens with zero attached hydrogens (tertiary/aromatic N) is 1. The lowest BCUT2D eigenvalue weighted by molar-refractivity contribution is -0.142. The number of ether oxygens (including phenoxy) is 1. The highest BCUT2D eigenvalue weighted by Crippen LogP contribution is 2.12. The van der Waals surface area contributed by atoms with Crippen LogP contribution in [0.5, 0.6) is 5.75 Å². The van der Waals surface area contributed by atoms with Gasteiger partial charge in [-0.3, -0.25) is 4.79 Å². The van der Waals surface area contributed by atoms with Gasteiger partial charge in [0.1, 0.15) is 24.4 Å². The molecule has 3 rings (SSSR count). The minimum absolute atomic E-state index is 0.00339. The fraction of sp³-hybridized carbons (Fsp3) is 0.217. The van der Waals surface area contributed by atoms with E-state index in [0.717, 1.165) is 5.56 Å². The fourth-order valence-electron chi connectivity index (χ4n) is 3.07. The second kappa shape index (κ2) is 11.3. The van der Waals surface area contributed by atoms with Crippen LogP contribution in [0.15, 0.2) is 67.1 Å². The molecule has 0 fully saturated rings. The molecule has 2 atom stereocenters. The lowest BCUT2D eigenvalue weighted by Crippen LogP contribution is -2.53. The van der Waals surface area contributed by atoms with Crippen molar-refractivity contribution in [2.45, 2.75) is 31.5 Å². The largest absolute Gasteiger partial charge is 0.508 e. The Bertz CT molecular complexity index is 1050. The van der Waals surface area contributed by atoms with Crippen molar-refractivity contribution < 1.29 is 29.3 Å². The Kier molecular flexibility index (Phi) is 8.01. The van der Waals surface area contributed by atoms with Crippen LogP contribution in [0.1, 0.15) is 16.8 Å². The molecule has 0 saturated heterocycles. The quantitative estimate of drug-likeness (QED) is 0.314. The highest BCUT2D eigenvalue weighted by atomic mass is 16.5. The molecule has 0 aliphatic rings. The molecule has 0 radical (unpaired) electrons. The SMILES string of the molecule is O=C(NC(Cc1cnc[nH]1)C(=O)N[C@H](Cc1ccc(O)cc1)C(=O)O)OCc1ccccc1. The van der Waals surface area contributed by atoms with E-state index in [1.165, 1.54) is 24.7 Å². The normalized spacial score (nSPS) is 12.4. The Morgan fingerprint density at radius 3 is 2.30 bits per heavy atom. The molecule has 5 N–H and O–H groups in total. The molecule has 3 aromatic rings. The third-order valence-corrected chi connectivity index (χ3v) is 4.79. The van der Waals surface area contributed by atoms with Crippen LogP contribution >= 0.6 is 0 Å². The number of carbonyl (C=O) groups excluding carboxylic acids is 2. The third-order valence-electron chi connectivity index (χ3n) is 4.79. The molecule has 0 saturated carbocycles. The number of carboxylic acid groups (broad SMARTS) is 1. The maximum absolute atomic E-state index is 12.9. The van der Waals surface area contributed by atoms with Crippen LogP contribution < -0.4 is 10.6 Å². The van der Waals surface area contributed by atoms with Gasteiger partial charge in [0.05, 0.1) is 6.33 Å². The Labute approximate surface area is 189 Å². The number of phenolic OH excluding ortho intramolecular Hbond substituents is 1. The van der Waals surface area contributed by atoms with E-state index in [1.807, 2.05) is 18.2 Å². The average Bonchev–Trinajstić information content (AvgIpc) is 3.32. The van der Waals surface area contributed by atoms with Crippen molar-refractivity contribution in [1.82, 2.24) is 20.6 Å². The molecule has 172 valence electrons. The number of aliphatic carboxylic acids is 1. The molecule has 1 heterocycles. The van der Waals surface area contributed by atoms with E-state index in [-0.39, 0.29) is 25.2 Å². The Balaban J connectivity index is 1.66. The predicted octanol–water partition coefficient (Wildman–Crippen LogP) is 1.76. The van der Waals surface area contributed by atoms with E-state index in [0.29, 0.717) is 11.3 Å². The summed E-state index contributed by atoms with van der Waals surface area (Å²) in [7, 11) is 0. The first kappa shape index (κ1) is 23.3. The van der Waals surface area contributed by atoms with Crippen molar-refractivity contribution >= 4 is 18.0 Å². The molecule has 0 bridgehead atoms.